The minimum absolute atomic E-state index is 0.0455. The van der Waals surface area contributed by atoms with E-state index in [1.165, 1.54) is 32.1 Å². The van der Waals surface area contributed by atoms with Gasteiger partial charge in [-0.1, -0.05) is 105 Å². The third-order valence-electron chi connectivity index (χ3n) is 11.4. The Labute approximate surface area is 288 Å². The van der Waals surface area contributed by atoms with Crippen molar-refractivity contribution in [1.82, 2.24) is 0 Å². The second-order valence-corrected chi connectivity index (χ2v) is 33.1. The molecule has 2 aliphatic rings. The lowest BCUT2D eigenvalue weighted by atomic mass is 9.77. The van der Waals surface area contributed by atoms with Gasteiger partial charge in [-0.15, -0.1) is 0 Å². The molecule has 0 aliphatic heterocycles. The van der Waals surface area contributed by atoms with Crippen LogP contribution in [0.5, 0.6) is 0 Å². The first kappa shape index (κ1) is 44.1. The first-order valence-corrected chi connectivity index (χ1v) is 25.0. The molecule has 0 N–H and O–H groups in total. The summed E-state index contributed by atoms with van der Waals surface area (Å²) in [6, 6.07) is 0. The van der Waals surface area contributed by atoms with Crippen LogP contribution in [0, 0.1) is 35.5 Å². The highest BCUT2D eigenvalue weighted by molar-refractivity contribution is 8.03. The minimum Gasteiger partial charge on any atom is -0.0741 e. The van der Waals surface area contributed by atoms with E-state index in [-0.39, 0.29) is 28.5 Å². The molecule has 2 fully saturated rings. The zero-order valence-corrected chi connectivity index (χ0v) is 37.0. The Morgan fingerprint density at radius 3 is 1.27 bits per heavy atom. The summed E-state index contributed by atoms with van der Waals surface area (Å²) >= 11 is 0. The van der Waals surface area contributed by atoms with E-state index in [9.17, 15) is 9.13 Å². The SMILES string of the molecule is CC(C)[C@@H]1CC[C@@H](C)C[C@H]1[P+](=O)CP(C(C)(C)C)C(C)(C)C.[B][P+](C[P+](=O)[C@@H]1C[C@H](C)CC[C@H]1C(C)C)(C(C)(C)C)C(C)(C)C. The van der Waals surface area contributed by atoms with Gasteiger partial charge in [0.25, 0.3) is 0 Å². The Kier molecular flexibility index (Phi) is 16.6. The molecule has 0 aromatic heterocycles. The zero-order chi connectivity index (χ0) is 35.5. The lowest BCUT2D eigenvalue weighted by Crippen LogP contribution is -2.37. The summed E-state index contributed by atoms with van der Waals surface area (Å²) in [5.41, 5.74) is 0.842. The molecule has 2 rings (SSSR count). The van der Waals surface area contributed by atoms with Gasteiger partial charge in [0, 0.05) is 19.0 Å². The summed E-state index contributed by atoms with van der Waals surface area (Å²) < 4.78 is 26.8. The van der Waals surface area contributed by atoms with Gasteiger partial charge in [0.1, 0.15) is 0 Å². The van der Waals surface area contributed by atoms with E-state index in [0.29, 0.717) is 40.9 Å². The van der Waals surface area contributed by atoms with E-state index in [1.807, 2.05) is 0 Å². The van der Waals surface area contributed by atoms with Crippen LogP contribution in [0.2, 0.25) is 0 Å². The van der Waals surface area contributed by atoms with Crippen LogP contribution in [-0.4, -0.2) is 51.3 Å². The highest BCUT2D eigenvalue weighted by Gasteiger charge is 2.60. The highest BCUT2D eigenvalue weighted by Crippen LogP contribution is 2.77. The van der Waals surface area contributed by atoms with Crippen molar-refractivity contribution >= 4 is 38.2 Å². The normalized spacial score (nSPS) is 28.2. The van der Waals surface area contributed by atoms with E-state index < -0.39 is 22.7 Å². The van der Waals surface area contributed by atoms with Gasteiger partial charge < -0.3 is 0 Å². The quantitative estimate of drug-likeness (QED) is 0.186. The molecule has 0 bridgehead atoms. The molecular weight excluding hydrogens is 623 g/mol. The summed E-state index contributed by atoms with van der Waals surface area (Å²) in [4.78, 5) is 0. The molecule has 2 nitrogen and oxygen atoms in total. The van der Waals surface area contributed by atoms with Crippen LogP contribution in [0.25, 0.3) is 0 Å². The fourth-order valence-electron chi connectivity index (χ4n) is 8.40. The molecule has 0 heterocycles. The van der Waals surface area contributed by atoms with Crippen LogP contribution in [0.3, 0.4) is 0 Å². The Morgan fingerprint density at radius 1 is 0.644 bits per heavy atom. The predicted octanol–water partition coefficient (Wildman–Crippen LogP) is 14.2. The van der Waals surface area contributed by atoms with E-state index in [2.05, 4.69) is 125 Å². The minimum atomic E-state index is -1.82. The average molecular weight is 702 g/mol. The van der Waals surface area contributed by atoms with E-state index in [0.717, 1.165) is 24.1 Å². The third-order valence-corrected chi connectivity index (χ3v) is 27.2. The van der Waals surface area contributed by atoms with Crippen LogP contribution < -0.4 is 0 Å². The molecule has 45 heavy (non-hydrogen) atoms. The Morgan fingerprint density at radius 2 is 0.978 bits per heavy atom. The summed E-state index contributed by atoms with van der Waals surface area (Å²) in [5.74, 6) is 5.79. The van der Waals surface area contributed by atoms with E-state index >= 15 is 0 Å². The van der Waals surface area contributed by atoms with Gasteiger partial charge in [-0.25, -0.2) is 0 Å². The van der Waals surface area contributed by atoms with Gasteiger partial charge >= 0.3 is 23.2 Å². The van der Waals surface area contributed by atoms with Crippen molar-refractivity contribution in [2.45, 2.75) is 195 Å². The van der Waals surface area contributed by atoms with E-state index in [4.69, 9.17) is 7.57 Å². The summed E-state index contributed by atoms with van der Waals surface area (Å²) in [7, 11) is 2.65. The molecule has 0 aromatic rings. The van der Waals surface area contributed by atoms with E-state index in [1.54, 1.807) is 0 Å². The van der Waals surface area contributed by atoms with Gasteiger partial charge in [-0.05, 0) is 109 Å². The second-order valence-electron chi connectivity index (χ2n) is 19.9. The van der Waals surface area contributed by atoms with Crippen molar-refractivity contribution < 1.29 is 9.13 Å². The molecule has 2 unspecified atom stereocenters. The topological polar surface area (TPSA) is 34.1 Å². The van der Waals surface area contributed by atoms with Crippen molar-refractivity contribution in [2.24, 2.45) is 35.5 Å². The summed E-state index contributed by atoms with van der Waals surface area (Å²) in [6.45, 7) is 41.5. The van der Waals surface area contributed by atoms with Crippen LogP contribution in [0.1, 0.15) is 163 Å². The Bertz CT molecular complexity index is 923. The molecule has 7 heteroatoms. The fraction of sp³-hybridized carbons (Fsp3) is 1.00. The van der Waals surface area contributed by atoms with Crippen molar-refractivity contribution in [1.29, 1.82) is 0 Å². The van der Waals surface area contributed by atoms with Crippen LogP contribution in [0.4, 0.5) is 0 Å². The summed E-state index contributed by atoms with van der Waals surface area (Å²) in [6.07, 6.45) is 7.47. The van der Waals surface area contributed by atoms with Gasteiger partial charge in [0.2, 0.25) is 5.90 Å². The lowest BCUT2D eigenvalue weighted by Gasteiger charge is -2.43. The Hall–Kier alpha value is 1.12. The molecule has 2 aliphatic carbocycles. The second kappa shape index (κ2) is 16.9. The highest BCUT2D eigenvalue weighted by atomic mass is 31.2. The zero-order valence-electron chi connectivity index (χ0n) is 33.5. The van der Waals surface area contributed by atoms with Gasteiger partial charge in [0.15, 0.2) is 17.2 Å². The first-order chi connectivity index (χ1) is 20.0. The van der Waals surface area contributed by atoms with Crippen LogP contribution >= 0.6 is 30.7 Å². The molecule has 0 amide bonds. The number of hydrogen-bond donors (Lipinski definition) is 0. The first-order valence-electron chi connectivity index (χ1n) is 18.4. The number of rotatable bonds is 8. The fourth-order valence-corrected chi connectivity index (χ4v) is 26.8. The summed E-state index contributed by atoms with van der Waals surface area (Å²) in [5, 5.41) is 0.659. The van der Waals surface area contributed by atoms with Crippen molar-refractivity contribution in [3.8, 4) is 0 Å². The van der Waals surface area contributed by atoms with Gasteiger partial charge in [-0.3, -0.25) is 0 Å². The standard InChI is InChI=1S/C19H39BOP2.C19H39OP2/c1-14(2)16-11-10-15(3)12-17(16)22(21)13-23(20,18(4,5)6)19(7,8)9;1-14(2)16-11-10-15(3)12-17(16)21(20)13-22(18(4,5)6)19(7,8)9/h14-17H,10-13H2,1-9H3;14-17H,10-13H2,1-9H3/q+2;+1/t2*15-,16+,17-/m11/s1. The largest absolute Gasteiger partial charge is 0.379 e. The molecule has 8 atom stereocenters. The molecule has 262 valence electrons. The van der Waals surface area contributed by atoms with Crippen LogP contribution in [0.15, 0.2) is 0 Å². The van der Waals surface area contributed by atoms with Crippen molar-refractivity contribution in [2.75, 3.05) is 11.8 Å². The van der Waals surface area contributed by atoms with Crippen LogP contribution in [-0.2, 0) is 9.13 Å². The average Bonchev–Trinajstić information content (AvgIpc) is 2.84. The predicted molar refractivity (Wildman–Crippen MR) is 214 cm³/mol. The molecule has 0 aromatic carbocycles. The molecule has 0 spiro atoms. The third kappa shape index (κ3) is 12.4. The Balaban J connectivity index is 0.000000450. The lowest BCUT2D eigenvalue weighted by molar-refractivity contribution is 0.238. The number of hydrogen-bond acceptors (Lipinski definition) is 2. The van der Waals surface area contributed by atoms with Crippen molar-refractivity contribution in [3.05, 3.63) is 0 Å². The molecule has 0 saturated heterocycles. The van der Waals surface area contributed by atoms with Crippen molar-refractivity contribution in [3.63, 3.8) is 0 Å². The van der Waals surface area contributed by atoms with Gasteiger partial charge in [-0.2, -0.15) is 0 Å². The van der Waals surface area contributed by atoms with Gasteiger partial charge in [0.05, 0.1) is 10.3 Å². The monoisotopic (exact) mass is 702 g/mol. The smallest absolute Gasteiger partial charge is 0.0741 e. The molecule has 2 saturated carbocycles. The molecular formula is C38H78BO2P4+3. The maximum atomic E-state index is 13.5. The maximum absolute atomic E-state index is 13.5. The molecule has 2 radical (unpaired) electrons. The maximum Gasteiger partial charge on any atom is 0.379 e.